The summed E-state index contributed by atoms with van der Waals surface area (Å²) in [6.07, 6.45) is -5.42. The van der Waals surface area contributed by atoms with Gasteiger partial charge in [0, 0.05) is 5.39 Å². The zero-order valence-corrected chi connectivity index (χ0v) is 16.0. The van der Waals surface area contributed by atoms with Crippen LogP contribution in [-0.2, 0) is 14.2 Å². The summed E-state index contributed by atoms with van der Waals surface area (Å²) in [5, 5.41) is 21.4. The SMILES string of the molecule is COC(=O)OC[C@H]1O[C@@H](n2c(Cl)c(C=O)c3cc(Cl)c(Cl)cc32)[C@H](O)[C@@H]1O. The number of fused-ring (bicyclic) bond motifs is 1. The summed E-state index contributed by atoms with van der Waals surface area (Å²) in [5.74, 6) is 0. The Balaban J connectivity index is 2.02. The van der Waals surface area contributed by atoms with E-state index >= 15 is 0 Å². The number of rotatable bonds is 4. The number of nitrogens with zero attached hydrogens (tertiary/aromatic N) is 1. The molecular weight excluding hydrogens is 425 g/mol. The molecule has 2 aromatic rings. The lowest BCUT2D eigenvalue weighted by molar-refractivity contribution is -0.0590. The minimum Gasteiger partial charge on any atom is -0.438 e. The Kier molecular flexibility index (Phi) is 5.85. The monoisotopic (exact) mass is 437 g/mol. The first-order chi connectivity index (χ1) is 12.8. The van der Waals surface area contributed by atoms with Crippen molar-refractivity contribution in [1.82, 2.24) is 4.57 Å². The van der Waals surface area contributed by atoms with Crippen LogP contribution in [0.4, 0.5) is 4.79 Å². The molecule has 0 radical (unpaired) electrons. The lowest BCUT2D eigenvalue weighted by Crippen LogP contribution is -2.34. The summed E-state index contributed by atoms with van der Waals surface area (Å²) >= 11 is 18.4. The predicted octanol–water partition coefficient (Wildman–Crippen LogP) is 2.82. The third-order valence-electron chi connectivity index (χ3n) is 4.26. The first-order valence-electron chi connectivity index (χ1n) is 7.66. The van der Waals surface area contributed by atoms with E-state index in [1.807, 2.05) is 0 Å². The van der Waals surface area contributed by atoms with Crippen LogP contribution in [0.5, 0.6) is 0 Å². The molecule has 0 unspecified atom stereocenters. The molecule has 1 aliphatic heterocycles. The molecule has 0 aliphatic carbocycles. The van der Waals surface area contributed by atoms with E-state index in [0.29, 0.717) is 17.2 Å². The quantitative estimate of drug-likeness (QED) is 0.558. The molecule has 1 aliphatic rings. The van der Waals surface area contributed by atoms with E-state index in [-0.39, 0.29) is 27.4 Å². The number of carbonyl (C=O) groups excluding carboxylic acids is 2. The molecule has 0 spiro atoms. The van der Waals surface area contributed by atoms with Gasteiger partial charge in [-0.15, -0.1) is 0 Å². The molecule has 27 heavy (non-hydrogen) atoms. The largest absolute Gasteiger partial charge is 0.508 e. The van der Waals surface area contributed by atoms with Gasteiger partial charge in [-0.2, -0.15) is 0 Å². The van der Waals surface area contributed by atoms with E-state index in [0.717, 1.165) is 7.11 Å². The van der Waals surface area contributed by atoms with Crippen LogP contribution in [0.15, 0.2) is 12.1 Å². The average molecular weight is 439 g/mol. The van der Waals surface area contributed by atoms with Crippen molar-refractivity contribution in [2.24, 2.45) is 0 Å². The minimum absolute atomic E-state index is 0.0240. The van der Waals surface area contributed by atoms with E-state index in [2.05, 4.69) is 4.74 Å². The summed E-state index contributed by atoms with van der Waals surface area (Å²) < 4.78 is 16.1. The maximum atomic E-state index is 11.5. The molecule has 146 valence electrons. The third-order valence-corrected chi connectivity index (χ3v) is 5.37. The van der Waals surface area contributed by atoms with Crippen molar-refractivity contribution >= 4 is 58.1 Å². The van der Waals surface area contributed by atoms with E-state index in [1.54, 1.807) is 0 Å². The van der Waals surface area contributed by atoms with E-state index in [1.165, 1.54) is 16.7 Å². The van der Waals surface area contributed by atoms with Gasteiger partial charge in [0.15, 0.2) is 12.5 Å². The average Bonchev–Trinajstić information content (AvgIpc) is 3.06. The van der Waals surface area contributed by atoms with Gasteiger partial charge in [0.1, 0.15) is 30.1 Å². The summed E-state index contributed by atoms with van der Waals surface area (Å²) in [7, 11) is 1.13. The molecule has 8 nitrogen and oxygen atoms in total. The van der Waals surface area contributed by atoms with Crippen LogP contribution in [0, 0.1) is 0 Å². The molecule has 2 N–H and O–H groups in total. The molecule has 1 saturated heterocycles. The van der Waals surface area contributed by atoms with Gasteiger partial charge in [-0.1, -0.05) is 34.8 Å². The number of methoxy groups -OCH3 is 1. The summed E-state index contributed by atoms with van der Waals surface area (Å²) in [4.78, 5) is 22.6. The number of aliphatic hydroxyl groups excluding tert-OH is 2. The van der Waals surface area contributed by atoms with Crippen LogP contribution in [-0.4, -0.2) is 59.3 Å². The summed E-state index contributed by atoms with van der Waals surface area (Å²) in [6.45, 7) is -0.356. The second kappa shape index (κ2) is 7.83. The number of hydrogen-bond acceptors (Lipinski definition) is 7. The second-order valence-electron chi connectivity index (χ2n) is 5.79. The van der Waals surface area contributed by atoms with Gasteiger partial charge in [-0.3, -0.25) is 4.79 Å². The maximum absolute atomic E-state index is 11.5. The molecule has 0 bridgehead atoms. The Hall–Kier alpha value is -1.55. The molecule has 0 saturated carbocycles. The van der Waals surface area contributed by atoms with Crippen molar-refractivity contribution < 1.29 is 34.0 Å². The highest BCUT2D eigenvalue weighted by molar-refractivity contribution is 6.43. The maximum Gasteiger partial charge on any atom is 0.508 e. The predicted molar refractivity (Wildman–Crippen MR) is 96.6 cm³/mol. The van der Waals surface area contributed by atoms with Gasteiger partial charge in [0.25, 0.3) is 0 Å². The van der Waals surface area contributed by atoms with Crippen molar-refractivity contribution in [2.75, 3.05) is 13.7 Å². The molecule has 2 heterocycles. The normalized spacial score (nSPS) is 25.0. The Labute approximate surface area is 168 Å². The van der Waals surface area contributed by atoms with Crippen molar-refractivity contribution in [3.05, 3.63) is 32.9 Å². The standard InChI is InChI=1S/C16H14Cl3NO7/c1-25-16(24)26-5-11-12(22)13(23)15(27-11)20-10-3-9(18)8(17)2-6(10)7(4-21)14(20)19/h2-4,11-13,15,22-23H,5H2,1H3/t11-,12-,13-,15-/m1/s1. The molecule has 11 heteroatoms. The minimum atomic E-state index is -1.42. The number of aliphatic hydroxyl groups is 2. The van der Waals surface area contributed by atoms with Crippen LogP contribution >= 0.6 is 34.8 Å². The summed E-state index contributed by atoms with van der Waals surface area (Å²) in [6, 6.07) is 2.94. The highest BCUT2D eigenvalue weighted by atomic mass is 35.5. The molecule has 3 rings (SSSR count). The van der Waals surface area contributed by atoms with E-state index < -0.39 is 30.7 Å². The van der Waals surface area contributed by atoms with E-state index in [9.17, 15) is 19.8 Å². The Morgan fingerprint density at radius 3 is 2.56 bits per heavy atom. The van der Waals surface area contributed by atoms with Crippen LogP contribution in [0.2, 0.25) is 15.2 Å². The Morgan fingerprint density at radius 1 is 1.26 bits per heavy atom. The number of ether oxygens (including phenoxy) is 3. The number of benzene rings is 1. The van der Waals surface area contributed by atoms with Crippen LogP contribution < -0.4 is 0 Å². The fraction of sp³-hybridized carbons (Fsp3) is 0.375. The fourth-order valence-electron chi connectivity index (χ4n) is 2.95. The number of hydrogen-bond donors (Lipinski definition) is 2. The molecule has 1 aromatic heterocycles. The highest BCUT2D eigenvalue weighted by Crippen LogP contribution is 2.40. The fourth-order valence-corrected chi connectivity index (χ4v) is 3.60. The van der Waals surface area contributed by atoms with Crippen LogP contribution in [0.3, 0.4) is 0 Å². The molecule has 0 amide bonds. The highest BCUT2D eigenvalue weighted by Gasteiger charge is 2.45. The smallest absolute Gasteiger partial charge is 0.438 e. The van der Waals surface area contributed by atoms with Crippen molar-refractivity contribution in [3.63, 3.8) is 0 Å². The van der Waals surface area contributed by atoms with Crippen molar-refractivity contribution in [1.29, 1.82) is 0 Å². The zero-order valence-electron chi connectivity index (χ0n) is 13.8. The molecule has 1 aromatic carbocycles. The number of aldehydes is 1. The topological polar surface area (TPSA) is 107 Å². The van der Waals surface area contributed by atoms with Gasteiger partial charge < -0.3 is 29.0 Å². The van der Waals surface area contributed by atoms with Gasteiger partial charge in [-0.25, -0.2) is 4.79 Å². The van der Waals surface area contributed by atoms with Gasteiger partial charge in [0.05, 0.1) is 28.2 Å². The number of carbonyl (C=O) groups is 2. The first kappa shape index (κ1) is 20.2. The lowest BCUT2D eigenvalue weighted by atomic mass is 10.1. The number of halogens is 3. The van der Waals surface area contributed by atoms with Gasteiger partial charge in [-0.05, 0) is 12.1 Å². The second-order valence-corrected chi connectivity index (χ2v) is 6.96. The Bertz CT molecular complexity index is 900. The third kappa shape index (κ3) is 3.49. The molecule has 4 atom stereocenters. The Morgan fingerprint density at radius 2 is 1.93 bits per heavy atom. The van der Waals surface area contributed by atoms with Gasteiger partial charge >= 0.3 is 6.16 Å². The molecular formula is C16H14Cl3NO7. The van der Waals surface area contributed by atoms with Crippen molar-refractivity contribution in [3.8, 4) is 0 Å². The lowest BCUT2D eigenvalue weighted by Gasteiger charge is -2.19. The zero-order chi connectivity index (χ0) is 19.9. The van der Waals surface area contributed by atoms with Crippen LogP contribution in [0.1, 0.15) is 16.6 Å². The van der Waals surface area contributed by atoms with Crippen LogP contribution in [0.25, 0.3) is 10.9 Å². The molecule has 1 fully saturated rings. The number of aromatic nitrogens is 1. The summed E-state index contributed by atoms with van der Waals surface area (Å²) in [5.41, 5.74) is 0.507. The van der Waals surface area contributed by atoms with E-state index in [4.69, 9.17) is 44.3 Å². The van der Waals surface area contributed by atoms with Gasteiger partial charge in [0.2, 0.25) is 0 Å². The van der Waals surface area contributed by atoms with Crippen molar-refractivity contribution in [2.45, 2.75) is 24.5 Å². The first-order valence-corrected chi connectivity index (χ1v) is 8.79.